The van der Waals surface area contributed by atoms with Crippen molar-refractivity contribution in [2.45, 2.75) is 13.3 Å². The van der Waals surface area contributed by atoms with Gasteiger partial charge in [-0.3, -0.25) is 0 Å². The number of rotatable bonds is 5. The van der Waals surface area contributed by atoms with Gasteiger partial charge in [0.25, 0.3) is 0 Å². The van der Waals surface area contributed by atoms with E-state index in [9.17, 15) is 5.26 Å². The Morgan fingerprint density at radius 3 is 2.88 bits per heavy atom. The number of nitriles is 1. The smallest absolute Gasteiger partial charge is 0.137 e. The summed E-state index contributed by atoms with van der Waals surface area (Å²) in [5, 5.41) is 10.7. The molecule has 2 aromatic carbocycles. The predicted octanol–water partition coefficient (Wildman–Crippen LogP) is 5.80. The number of halogens is 1. The summed E-state index contributed by atoms with van der Waals surface area (Å²) in [5.41, 5.74) is 2.27. The highest BCUT2D eigenvalue weighted by molar-refractivity contribution is 7.19. The number of allylic oxidation sites excluding steroid dienone is 1. The van der Waals surface area contributed by atoms with Crippen molar-refractivity contribution in [3.63, 3.8) is 0 Å². The summed E-state index contributed by atoms with van der Waals surface area (Å²) < 4.78 is 6.63. The normalized spacial score (nSPS) is 11.5. The van der Waals surface area contributed by atoms with Crippen molar-refractivity contribution >= 4 is 44.8 Å². The van der Waals surface area contributed by atoms with Gasteiger partial charge >= 0.3 is 0 Å². The number of para-hydroxylation sites is 1. The molecule has 0 radical (unpaired) electrons. The topological polar surface area (TPSA) is 45.9 Å². The van der Waals surface area contributed by atoms with Crippen molar-refractivity contribution in [1.82, 2.24) is 4.98 Å². The largest absolute Gasteiger partial charge is 0.492 e. The SMILES string of the molecule is CCCOc1ccc(/C=C(/C#N)c2nc3ccccc3s2)cc1Cl. The van der Waals surface area contributed by atoms with Gasteiger partial charge in [0.05, 0.1) is 27.4 Å². The van der Waals surface area contributed by atoms with Crippen molar-refractivity contribution < 1.29 is 4.74 Å². The molecule has 3 rings (SSSR count). The lowest BCUT2D eigenvalue weighted by Crippen LogP contribution is -1.95. The van der Waals surface area contributed by atoms with E-state index in [2.05, 4.69) is 11.1 Å². The van der Waals surface area contributed by atoms with Crippen LogP contribution in [0.15, 0.2) is 42.5 Å². The Morgan fingerprint density at radius 2 is 2.17 bits per heavy atom. The monoisotopic (exact) mass is 354 g/mol. The van der Waals surface area contributed by atoms with E-state index in [1.807, 2.05) is 43.3 Å². The molecular formula is C19H15ClN2OS. The molecule has 120 valence electrons. The van der Waals surface area contributed by atoms with Gasteiger partial charge < -0.3 is 4.74 Å². The molecule has 0 amide bonds. The summed E-state index contributed by atoms with van der Waals surface area (Å²) in [5.74, 6) is 0.661. The molecule has 0 N–H and O–H groups in total. The molecule has 0 aliphatic rings. The molecule has 0 saturated carbocycles. The Balaban J connectivity index is 1.93. The van der Waals surface area contributed by atoms with E-state index in [-0.39, 0.29) is 0 Å². The van der Waals surface area contributed by atoms with Gasteiger partial charge in [0, 0.05) is 0 Å². The number of hydrogen-bond acceptors (Lipinski definition) is 4. The molecule has 0 saturated heterocycles. The first-order valence-electron chi connectivity index (χ1n) is 7.61. The molecule has 1 heterocycles. The van der Waals surface area contributed by atoms with E-state index < -0.39 is 0 Å². The molecule has 3 nitrogen and oxygen atoms in total. The molecule has 3 aromatic rings. The minimum Gasteiger partial charge on any atom is -0.492 e. The molecule has 0 atom stereocenters. The summed E-state index contributed by atoms with van der Waals surface area (Å²) in [4.78, 5) is 4.53. The van der Waals surface area contributed by atoms with Gasteiger partial charge in [0.2, 0.25) is 0 Å². The average Bonchev–Trinajstić information content (AvgIpc) is 3.02. The maximum atomic E-state index is 9.50. The zero-order valence-electron chi connectivity index (χ0n) is 13.1. The highest BCUT2D eigenvalue weighted by Gasteiger charge is 2.09. The lowest BCUT2D eigenvalue weighted by molar-refractivity contribution is 0.317. The van der Waals surface area contributed by atoms with Crippen LogP contribution in [-0.4, -0.2) is 11.6 Å². The Labute approximate surface area is 149 Å². The number of nitrogens with zero attached hydrogens (tertiary/aromatic N) is 2. The lowest BCUT2D eigenvalue weighted by Gasteiger charge is -2.07. The van der Waals surface area contributed by atoms with Crippen LogP contribution < -0.4 is 4.74 Å². The fraction of sp³-hybridized carbons (Fsp3) is 0.158. The van der Waals surface area contributed by atoms with Crippen LogP contribution >= 0.6 is 22.9 Å². The molecule has 0 aliphatic heterocycles. The van der Waals surface area contributed by atoms with Crippen LogP contribution in [0.1, 0.15) is 23.9 Å². The van der Waals surface area contributed by atoms with Crippen LogP contribution in [0.2, 0.25) is 5.02 Å². The van der Waals surface area contributed by atoms with Crippen LogP contribution in [0, 0.1) is 11.3 Å². The predicted molar refractivity (Wildman–Crippen MR) is 100 cm³/mol. The van der Waals surface area contributed by atoms with Crippen LogP contribution in [0.25, 0.3) is 21.9 Å². The second-order valence-corrected chi connectivity index (χ2v) is 6.63. The van der Waals surface area contributed by atoms with Crippen molar-refractivity contribution in [3.05, 3.63) is 58.1 Å². The van der Waals surface area contributed by atoms with Gasteiger partial charge in [0.1, 0.15) is 16.8 Å². The average molecular weight is 355 g/mol. The van der Waals surface area contributed by atoms with Gasteiger partial charge in [0.15, 0.2) is 0 Å². The zero-order chi connectivity index (χ0) is 16.9. The molecule has 0 spiro atoms. The maximum absolute atomic E-state index is 9.50. The highest BCUT2D eigenvalue weighted by atomic mass is 35.5. The van der Waals surface area contributed by atoms with Gasteiger partial charge in [-0.25, -0.2) is 4.98 Å². The van der Waals surface area contributed by atoms with E-state index in [0.29, 0.717) is 28.0 Å². The third-order valence-corrected chi connectivity index (χ3v) is 4.74. The maximum Gasteiger partial charge on any atom is 0.137 e. The Bertz CT molecular complexity index is 907. The first-order chi connectivity index (χ1) is 11.7. The van der Waals surface area contributed by atoms with Gasteiger partial charge in [-0.05, 0) is 42.3 Å². The molecule has 0 aliphatic carbocycles. The van der Waals surface area contributed by atoms with Crippen LogP contribution in [0.5, 0.6) is 5.75 Å². The van der Waals surface area contributed by atoms with Crippen LogP contribution in [0.4, 0.5) is 0 Å². The molecule has 0 fully saturated rings. The van der Waals surface area contributed by atoms with E-state index >= 15 is 0 Å². The quantitative estimate of drug-likeness (QED) is 0.544. The first-order valence-corrected chi connectivity index (χ1v) is 8.81. The minimum absolute atomic E-state index is 0.523. The van der Waals surface area contributed by atoms with E-state index in [4.69, 9.17) is 16.3 Å². The standard InChI is InChI=1S/C19H15ClN2OS/c1-2-9-23-17-8-7-13(11-15(17)20)10-14(12-21)19-22-16-5-3-4-6-18(16)24-19/h3-8,10-11H,2,9H2,1H3/b14-10-. The van der Waals surface area contributed by atoms with Gasteiger partial charge in [-0.2, -0.15) is 5.26 Å². The van der Waals surface area contributed by atoms with E-state index in [1.165, 1.54) is 11.3 Å². The highest BCUT2D eigenvalue weighted by Crippen LogP contribution is 2.30. The summed E-state index contributed by atoms with van der Waals surface area (Å²) in [6, 6.07) is 15.6. The Morgan fingerprint density at radius 1 is 1.33 bits per heavy atom. The first kappa shape index (κ1) is 16.5. The summed E-state index contributed by atoms with van der Waals surface area (Å²) in [6.07, 6.45) is 2.72. The minimum atomic E-state index is 0.523. The van der Waals surface area contributed by atoms with Crippen molar-refractivity contribution in [3.8, 4) is 11.8 Å². The second-order valence-electron chi connectivity index (χ2n) is 5.19. The Hall–Kier alpha value is -2.35. The molecule has 0 unspecified atom stereocenters. The fourth-order valence-electron chi connectivity index (χ4n) is 2.23. The van der Waals surface area contributed by atoms with Gasteiger partial charge in [-0.1, -0.05) is 36.7 Å². The third kappa shape index (κ3) is 3.59. The summed E-state index contributed by atoms with van der Waals surface area (Å²) >= 11 is 7.76. The molecular weight excluding hydrogens is 340 g/mol. The summed E-state index contributed by atoms with van der Waals surface area (Å²) in [6.45, 7) is 2.67. The number of fused-ring (bicyclic) bond motifs is 1. The summed E-state index contributed by atoms with van der Waals surface area (Å²) in [7, 11) is 0. The number of ether oxygens (including phenoxy) is 1. The van der Waals surface area contributed by atoms with Gasteiger partial charge in [-0.15, -0.1) is 11.3 Å². The fourth-order valence-corrected chi connectivity index (χ4v) is 3.41. The number of thiazole rings is 1. The zero-order valence-corrected chi connectivity index (χ0v) is 14.7. The Kier molecular flexibility index (Phi) is 5.14. The van der Waals surface area contributed by atoms with Crippen LogP contribution in [-0.2, 0) is 0 Å². The van der Waals surface area contributed by atoms with Crippen LogP contribution in [0.3, 0.4) is 0 Å². The number of aromatic nitrogens is 1. The van der Waals surface area contributed by atoms with E-state index in [1.54, 1.807) is 12.1 Å². The lowest BCUT2D eigenvalue weighted by atomic mass is 10.1. The third-order valence-electron chi connectivity index (χ3n) is 3.37. The molecule has 24 heavy (non-hydrogen) atoms. The molecule has 5 heteroatoms. The number of hydrogen-bond donors (Lipinski definition) is 0. The van der Waals surface area contributed by atoms with Crippen molar-refractivity contribution in [1.29, 1.82) is 5.26 Å². The van der Waals surface area contributed by atoms with E-state index in [0.717, 1.165) is 22.2 Å². The molecule has 0 bridgehead atoms. The molecule has 1 aromatic heterocycles. The van der Waals surface area contributed by atoms with Crippen molar-refractivity contribution in [2.75, 3.05) is 6.61 Å². The number of benzene rings is 2. The van der Waals surface area contributed by atoms with Crippen molar-refractivity contribution in [2.24, 2.45) is 0 Å². The second kappa shape index (κ2) is 7.48.